The second-order valence-corrected chi connectivity index (χ2v) is 10.4. The van der Waals surface area contributed by atoms with Gasteiger partial charge in [-0.2, -0.15) is 0 Å². The fourth-order valence-electron chi connectivity index (χ4n) is 5.97. The number of aromatic nitrogens is 3. The summed E-state index contributed by atoms with van der Waals surface area (Å²) in [7, 11) is 0. The molecule has 0 N–H and O–H groups in total. The van der Waals surface area contributed by atoms with E-state index in [0.717, 1.165) is 74.6 Å². The van der Waals surface area contributed by atoms with Gasteiger partial charge in [0.1, 0.15) is 0 Å². The van der Waals surface area contributed by atoms with Gasteiger partial charge in [0.15, 0.2) is 0 Å². The fraction of sp³-hybridized carbons (Fsp3) is 0.630. The molecular weight excluding hydrogens is 410 g/mol. The van der Waals surface area contributed by atoms with Gasteiger partial charge in [-0.05, 0) is 50.5 Å². The summed E-state index contributed by atoms with van der Waals surface area (Å²) in [6.45, 7) is 6.01. The SMILES string of the molecule is CC1CCCN(c2ncc(-c3cccnc3)c(C3CCCN(C(=O)C4CCCCC4)C3)n2)C1. The number of hydrogen-bond acceptors (Lipinski definition) is 5. The van der Waals surface area contributed by atoms with Gasteiger partial charge in [0.05, 0.1) is 5.69 Å². The number of likely N-dealkylation sites (tertiary alicyclic amines) is 1. The van der Waals surface area contributed by atoms with Crippen LogP contribution in [-0.4, -0.2) is 51.9 Å². The van der Waals surface area contributed by atoms with Crippen LogP contribution < -0.4 is 4.90 Å². The first-order chi connectivity index (χ1) is 16.2. The number of piperidine rings is 2. The number of carbonyl (C=O) groups is 1. The summed E-state index contributed by atoms with van der Waals surface area (Å²) in [6.07, 6.45) is 16.1. The second kappa shape index (κ2) is 10.2. The molecule has 3 fully saturated rings. The van der Waals surface area contributed by atoms with E-state index >= 15 is 0 Å². The minimum atomic E-state index is 0.228. The van der Waals surface area contributed by atoms with Crippen LogP contribution in [0.5, 0.6) is 0 Å². The van der Waals surface area contributed by atoms with Crippen LogP contribution in [0.15, 0.2) is 30.7 Å². The number of rotatable bonds is 4. The molecule has 3 aliphatic rings. The van der Waals surface area contributed by atoms with Gasteiger partial charge >= 0.3 is 0 Å². The van der Waals surface area contributed by atoms with Crippen molar-refractivity contribution in [2.24, 2.45) is 11.8 Å². The zero-order valence-corrected chi connectivity index (χ0v) is 20.0. The first kappa shape index (κ1) is 22.3. The molecule has 2 saturated heterocycles. The Kier molecular flexibility index (Phi) is 6.88. The van der Waals surface area contributed by atoms with E-state index in [9.17, 15) is 4.79 Å². The number of anilines is 1. The molecule has 2 aromatic rings. The molecule has 0 spiro atoms. The number of pyridine rings is 1. The maximum atomic E-state index is 13.3. The Balaban J connectivity index is 1.44. The summed E-state index contributed by atoms with van der Waals surface area (Å²) in [5.41, 5.74) is 3.21. The number of carbonyl (C=O) groups excluding carboxylic acids is 1. The van der Waals surface area contributed by atoms with E-state index < -0.39 is 0 Å². The molecule has 6 heteroatoms. The molecule has 2 aliphatic heterocycles. The lowest BCUT2D eigenvalue weighted by molar-refractivity contribution is -0.137. The van der Waals surface area contributed by atoms with Crippen molar-refractivity contribution < 1.29 is 4.79 Å². The summed E-state index contributed by atoms with van der Waals surface area (Å²) >= 11 is 0. The predicted molar refractivity (Wildman–Crippen MR) is 131 cm³/mol. The maximum Gasteiger partial charge on any atom is 0.225 e. The molecule has 2 atom stereocenters. The molecule has 6 nitrogen and oxygen atoms in total. The van der Waals surface area contributed by atoms with Crippen molar-refractivity contribution in [3.05, 3.63) is 36.4 Å². The number of hydrogen-bond donors (Lipinski definition) is 0. The Morgan fingerprint density at radius 1 is 0.970 bits per heavy atom. The minimum Gasteiger partial charge on any atom is -0.342 e. The molecule has 1 saturated carbocycles. The van der Waals surface area contributed by atoms with Crippen LogP contribution in [0.3, 0.4) is 0 Å². The van der Waals surface area contributed by atoms with Gasteiger partial charge in [0.2, 0.25) is 11.9 Å². The first-order valence-corrected chi connectivity index (χ1v) is 13.0. The van der Waals surface area contributed by atoms with Crippen LogP contribution in [-0.2, 0) is 4.79 Å². The van der Waals surface area contributed by atoms with Crippen LogP contribution in [0.1, 0.15) is 76.3 Å². The van der Waals surface area contributed by atoms with Crippen molar-refractivity contribution in [2.75, 3.05) is 31.1 Å². The molecule has 0 bridgehead atoms. The minimum absolute atomic E-state index is 0.228. The number of nitrogens with zero attached hydrogens (tertiary/aromatic N) is 5. The van der Waals surface area contributed by atoms with Gasteiger partial charge in [-0.1, -0.05) is 32.3 Å². The first-order valence-electron chi connectivity index (χ1n) is 13.0. The van der Waals surface area contributed by atoms with Gasteiger partial charge in [-0.25, -0.2) is 9.97 Å². The van der Waals surface area contributed by atoms with Gasteiger partial charge in [0, 0.05) is 67.7 Å². The highest BCUT2D eigenvalue weighted by molar-refractivity contribution is 5.79. The molecule has 0 radical (unpaired) electrons. The highest BCUT2D eigenvalue weighted by Gasteiger charge is 2.32. The van der Waals surface area contributed by atoms with Gasteiger partial charge in [-0.15, -0.1) is 0 Å². The molecule has 1 aliphatic carbocycles. The summed E-state index contributed by atoms with van der Waals surface area (Å²) in [4.78, 5) is 32.1. The zero-order chi connectivity index (χ0) is 22.6. The van der Waals surface area contributed by atoms with Crippen molar-refractivity contribution >= 4 is 11.9 Å². The van der Waals surface area contributed by atoms with Crippen LogP contribution >= 0.6 is 0 Å². The van der Waals surface area contributed by atoms with Crippen LogP contribution in [0, 0.1) is 11.8 Å². The molecule has 0 aromatic carbocycles. The zero-order valence-electron chi connectivity index (χ0n) is 20.0. The third-order valence-corrected chi connectivity index (χ3v) is 7.79. The predicted octanol–water partition coefficient (Wildman–Crippen LogP) is 5.06. The van der Waals surface area contributed by atoms with Gasteiger partial charge < -0.3 is 9.80 Å². The standard InChI is InChI=1S/C27H37N5O/c1-20-8-6-15-32(18-20)27-29-17-24(22-11-5-13-28-16-22)25(30-27)23-12-7-14-31(19-23)26(33)21-9-3-2-4-10-21/h5,11,13,16-17,20-21,23H,2-4,6-10,12,14-15,18-19H2,1H3. The topological polar surface area (TPSA) is 62.2 Å². The lowest BCUT2D eigenvalue weighted by Gasteiger charge is -2.37. The van der Waals surface area contributed by atoms with Crippen molar-refractivity contribution in [3.8, 4) is 11.1 Å². The third kappa shape index (κ3) is 5.04. The lowest BCUT2D eigenvalue weighted by Crippen LogP contribution is -2.43. The summed E-state index contributed by atoms with van der Waals surface area (Å²) in [5.74, 6) is 2.36. The van der Waals surface area contributed by atoms with Gasteiger partial charge in [0.25, 0.3) is 0 Å². The van der Waals surface area contributed by atoms with E-state index in [1.807, 2.05) is 18.5 Å². The largest absolute Gasteiger partial charge is 0.342 e. The highest BCUT2D eigenvalue weighted by Crippen LogP contribution is 2.35. The van der Waals surface area contributed by atoms with E-state index in [1.54, 1.807) is 6.20 Å². The molecule has 2 unspecified atom stereocenters. The fourth-order valence-corrected chi connectivity index (χ4v) is 5.97. The summed E-state index contributed by atoms with van der Waals surface area (Å²) in [5, 5.41) is 0. The Morgan fingerprint density at radius 3 is 2.61 bits per heavy atom. The highest BCUT2D eigenvalue weighted by atomic mass is 16.2. The van der Waals surface area contributed by atoms with Crippen LogP contribution in [0.4, 0.5) is 5.95 Å². The molecule has 176 valence electrons. The van der Waals surface area contributed by atoms with Crippen LogP contribution in [0.25, 0.3) is 11.1 Å². The monoisotopic (exact) mass is 447 g/mol. The van der Waals surface area contributed by atoms with Gasteiger partial charge in [-0.3, -0.25) is 9.78 Å². The second-order valence-electron chi connectivity index (χ2n) is 10.4. The van der Waals surface area contributed by atoms with Crippen LogP contribution in [0.2, 0.25) is 0 Å². The summed E-state index contributed by atoms with van der Waals surface area (Å²) in [6, 6.07) is 4.06. The Labute approximate surface area is 197 Å². The van der Waals surface area contributed by atoms with E-state index in [2.05, 4.69) is 27.8 Å². The average molecular weight is 448 g/mol. The molecule has 2 aromatic heterocycles. The molecular formula is C27H37N5O. The van der Waals surface area contributed by atoms with E-state index in [4.69, 9.17) is 9.97 Å². The molecule has 1 amide bonds. The normalized spacial score (nSPS) is 24.6. The smallest absolute Gasteiger partial charge is 0.225 e. The quantitative estimate of drug-likeness (QED) is 0.655. The van der Waals surface area contributed by atoms with E-state index in [1.165, 1.54) is 32.1 Å². The maximum absolute atomic E-state index is 13.3. The third-order valence-electron chi connectivity index (χ3n) is 7.79. The van der Waals surface area contributed by atoms with Crippen molar-refractivity contribution in [1.82, 2.24) is 19.9 Å². The van der Waals surface area contributed by atoms with Crippen molar-refractivity contribution in [3.63, 3.8) is 0 Å². The molecule has 33 heavy (non-hydrogen) atoms. The Morgan fingerprint density at radius 2 is 1.82 bits per heavy atom. The van der Waals surface area contributed by atoms with Crippen molar-refractivity contribution in [1.29, 1.82) is 0 Å². The Bertz CT molecular complexity index is 943. The summed E-state index contributed by atoms with van der Waals surface area (Å²) < 4.78 is 0. The average Bonchev–Trinajstić information content (AvgIpc) is 2.89. The Hall–Kier alpha value is -2.50. The number of amides is 1. The molecule has 4 heterocycles. The van der Waals surface area contributed by atoms with E-state index in [-0.39, 0.29) is 11.8 Å². The van der Waals surface area contributed by atoms with Crippen molar-refractivity contribution in [2.45, 2.75) is 70.6 Å². The van der Waals surface area contributed by atoms with E-state index in [0.29, 0.717) is 11.8 Å². The molecule has 5 rings (SSSR count). The lowest BCUT2D eigenvalue weighted by atomic mass is 9.86.